The van der Waals surface area contributed by atoms with Crippen LogP contribution in [-0.2, 0) is 11.2 Å². The maximum absolute atomic E-state index is 12.5. The molecule has 4 nitrogen and oxygen atoms in total. The van der Waals surface area contributed by atoms with Gasteiger partial charge in [0, 0.05) is 7.05 Å². The van der Waals surface area contributed by atoms with Crippen molar-refractivity contribution in [3.05, 3.63) is 59.1 Å². The van der Waals surface area contributed by atoms with E-state index in [9.17, 15) is 4.79 Å². The second kappa shape index (κ2) is 7.66. The highest BCUT2D eigenvalue weighted by atomic mass is 32.1. The minimum Gasteiger partial charge on any atom is -0.484 e. The van der Waals surface area contributed by atoms with Crippen LogP contribution >= 0.6 is 11.3 Å². The molecule has 0 spiro atoms. The number of hydrogen-bond acceptors (Lipinski definition) is 4. The Morgan fingerprint density at radius 2 is 2.04 bits per heavy atom. The summed E-state index contributed by atoms with van der Waals surface area (Å²) in [5.41, 5.74) is 2.17. The van der Waals surface area contributed by atoms with Gasteiger partial charge < -0.3 is 9.64 Å². The first-order valence-electron chi connectivity index (χ1n) is 8.41. The van der Waals surface area contributed by atoms with Crippen LogP contribution in [0.5, 0.6) is 5.75 Å². The summed E-state index contributed by atoms with van der Waals surface area (Å²) in [5.74, 6) is 0.669. The van der Waals surface area contributed by atoms with Gasteiger partial charge in [0.1, 0.15) is 10.8 Å². The highest BCUT2D eigenvalue weighted by Crippen LogP contribution is 2.28. The van der Waals surface area contributed by atoms with E-state index in [1.807, 2.05) is 43.3 Å². The molecule has 0 aliphatic rings. The Balaban J connectivity index is 1.64. The first-order chi connectivity index (χ1) is 12.1. The number of carbonyl (C=O) groups is 1. The average molecular weight is 354 g/mol. The van der Waals surface area contributed by atoms with Crippen molar-refractivity contribution < 1.29 is 9.53 Å². The standard InChI is InChI=1S/C20H22N2O2S/c1-4-15-8-7-9-16(12-15)24-13-19(23)22(3)14(2)20-21-17-10-5-6-11-18(17)25-20/h5-12,14H,4,13H2,1-3H3/t14-/m1/s1. The van der Waals surface area contributed by atoms with Crippen LogP contribution in [0.2, 0.25) is 0 Å². The summed E-state index contributed by atoms with van der Waals surface area (Å²) in [6.07, 6.45) is 0.944. The molecule has 1 amide bonds. The summed E-state index contributed by atoms with van der Waals surface area (Å²) in [5, 5.41) is 0.935. The van der Waals surface area contributed by atoms with E-state index in [4.69, 9.17) is 4.74 Å². The van der Waals surface area contributed by atoms with Crippen molar-refractivity contribution in [2.24, 2.45) is 0 Å². The largest absolute Gasteiger partial charge is 0.484 e. The van der Waals surface area contributed by atoms with E-state index >= 15 is 0 Å². The molecule has 1 heterocycles. The second-order valence-corrected chi connectivity index (χ2v) is 7.05. The van der Waals surface area contributed by atoms with E-state index in [1.165, 1.54) is 5.56 Å². The minimum absolute atomic E-state index is 0.0267. The highest BCUT2D eigenvalue weighted by molar-refractivity contribution is 7.18. The van der Waals surface area contributed by atoms with Crippen LogP contribution in [0.3, 0.4) is 0 Å². The number of benzene rings is 2. The molecule has 2 aromatic carbocycles. The lowest BCUT2D eigenvalue weighted by atomic mass is 10.2. The summed E-state index contributed by atoms with van der Waals surface area (Å²) < 4.78 is 6.81. The van der Waals surface area contributed by atoms with Gasteiger partial charge in [-0.2, -0.15) is 0 Å². The van der Waals surface area contributed by atoms with Gasteiger partial charge in [0.05, 0.1) is 16.3 Å². The first kappa shape index (κ1) is 17.4. The Labute approximate surface area is 152 Å². The van der Waals surface area contributed by atoms with E-state index in [-0.39, 0.29) is 18.6 Å². The Morgan fingerprint density at radius 1 is 1.24 bits per heavy atom. The number of para-hydroxylation sites is 1. The first-order valence-corrected chi connectivity index (χ1v) is 9.23. The maximum Gasteiger partial charge on any atom is 0.260 e. The Bertz CT molecular complexity index is 842. The third-order valence-electron chi connectivity index (χ3n) is 4.31. The number of ether oxygens (including phenoxy) is 1. The topological polar surface area (TPSA) is 42.4 Å². The molecule has 0 saturated carbocycles. The van der Waals surface area contributed by atoms with E-state index in [1.54, 1.807) is 23.3 Å². The van der Waals surface area contributed by atoms with E-state index < -0.39 is 0 Å². The third-order valence-corrected chi connectivity index (χ3v) is 5.52. The summed E-state index contributed by atoms with van der Waals surface area (Å²) in [6, 6.07) is 15.8. The van der Waals surface area contributed by atoms with E-state index in [2.05, 4.69) is 24.0 Å². The fourth-order valence-corrected chi connectivity index (χ4v) is 3.62. The normalized spacial score (nSPS) is 12.1. The summed E-state index contributed by atoms with van der Waals surface area (Å²) in [4.78, 5) is 18.8. The second-order valence-electron chi connectivity index (χ2n) is 5.99. The van der Waals surface area contributed by atoms with Crippen molar-refractivity contribution in [3.63, 3.8) is 0 Å². The number of carbonyl (C=O) groups excluding carboxylic acids is 1. The van der Waals surface area contributed by atoms with Gasteiger partial charge in [0.2, 0.25) is 0 Å². The van der Waals surface area contributed by atoms with Crippen LogP contribution in [0.4, 0.5) is 0 Å². The van der Waals surface area contributed by atoms with Crippen molar-refractivity contribution >= 4 is 27.5 Å². The summed E-state index contributed by atoms with van der Waals surface area (Å²) in [6.45, 7) is 4.12. The zero-order chi connectivity index (χ0) is 17.8. The lowest BCUT2D eigenvalue weighted by Gasteiger charge is -2.23. The summed E-state index contributed by atoms with van der Waals surface area (Å²) >= 11 is 1.62. The van der Waals surface area contributed by atoms with Gasteiger partial charge >= 0.3 is 0 Å². The van der Waals surface area contributed by atoms with Gasteiger partial charge in [0.25, 0.3) is 5.91 Å². The molecule has 3 aromatic rings. The number of likely N-dealkylation sites (N-methyl/N-ethyl adjacent to an activating group) is 1. The molecular weight excluding hydrogens is 332 g/mol. The van der Waals surface area contributed by atoms with Gasteiger partial charge in [-0.15, -0.1) is 11.3 Å². The molecule has 0 aliphatic carbocycles. The van der Waals surface area contributed by atoms with Gasteiger partial charge in [-0.1, -0.05) is 31.2 Å². The van der Waals surface area contributed by atoms with Crippen molar-refractivity contribution in [1.82, 2.24) is 9.88 Å². The molecule has 0 bridgehead atoms. The number of hydrogen-bond donors (Lipinski definition) is 0. The lowest BCUT2D eigenvalue weighted by Crippen LogP contribution is -2.33. The number of thiazole rings is 1. The van der Waals surface area contributed by atoms with Gasteiger partial charge in [-0.3, -0.25) is 4.79 Å². The SMILES string of the molecule is CCc1cccc(OCC(=O)N(C)[C@H](C)c2nc3ccccc3s2)c1. The van der Waals surface area contributed by atoms with Crippen molar-refractivity contribution in [2.45, 2.75) is 26.3 Å². The Hall–Kier alpha value is -2.40. The minimum atomic E-state index is -0.0875. The van der Waals surface area contributed by atoms with Crippen molar-refractivity contribution in [1.29, 1.82) is 0 Å². The maximum atomic E-state index is 12.5. The van der Waals surface area contributed by atoms with Gasteiger partial charge in [-0.25, -0.2) is 4.98 Å². The van der Waals surface area contributed by atoms with E-state index in [0.717, 1.165) is 27.4 Å². The van der Waals surface area contributed by atoms with Gasteiger partial charge in [0.15, 0.2) is 6.61 Å². The zero-order valence-corrected chi connectivity index (χ0v) is 15.5. The van der Waals surface area contributed by atoms with Crippen LogP contribution in [0, 0.1) is 0 Å². The molecule has 130 valence electrons. The molecule has 0 aliphatic heterocycles. The number of aromatic nitrogens is 1. The molecular formula is C20H22N2O2S. The third kappa shape index (κ3) is 3.99. The van der Waals surface area contributed by atoms with Crippen LogP contribution in [-0.4, -0.2) is 29.4 Å². The molecule has 0 fully saturated rings. The molecule has 0 N–H and O–H groups in total. The summed E-state index contributed by atoms with van der Waals surface area (Å²) in [7, 11) is 1.80. The number of fused-ring (bicyclic) bond motifs is 1. The molecule has 3 rings (SSSR count). The zero-order valence-electron chi connectivity index (χ0n) is 14.7. The van der Waals surface area contributed by atoms with Crippen molar-refractivity contribution in [3.8, 4) is 5.75 Å². The molecule has 0 radical (unpaired) electrons. The lowest BCUT2D eigenvalue weighted by molar-refractivity contribution is -0.134. The molecule has 5 heteroatoms. The van der Waals surface area contributed by atoms with Crippen LogP contribution in [0.1, 0.15) is 30.5 Å². The van der Waals surface area contributed by atoms with E-state index in [0.29, 0.717) is 0 Å². The predicted octanol–water partition coefficient (Wildman–Crippen LogP) is 4.46. The molecule has 0 saturated heterocycles. The monoisotopic (exact) mass is 354 g/mol. The number of amides is 1. The van der Waals surface area contributed by atoms with Crippen LogP contribution in [0.25, 0.3) is 10.2 Å². The fraction of sp³-hybridized carbons (Fsp3) is 0.300. The number of nitrogens with zero attached hydrogens (tertiary/aromatic N) is 2. The molecule has 0 unspecified atom stereocenters. The average Bonchev–Trinajstić information content (AvgIpc) is 3.09. The molecule has 1 aromatic heterocycles. The quantitative estimate of drug-likeness (QED) is 0.656. The Morgan fingerprint density at radius 3 is 2.80 bits per heavy atom. The van der Waals surface area contributed by atoms with Crippen LogP contribution in [0.15, 0.2) is 48.5 Å². The number of rotatable bonds is 6. The molecule has 25 heavy (non-hydrogen) atoms. The van der Waals surface area contributed by atoms with Crippen LogP contribution < -0.4 is 4.74 Å². The van der Waals surface area contributed by atoms with Crippen molar-refractivity contribution in [2.75, 3.05) is 13.7 Å². The fourth-order valence-electron chi connectivity index (χ4n) is 2.55. The smallest absolute Gasteiger partial charge is 0.260 e. The van der Waals surface area contributed by atoms with Gasteiger partial charge in [-0.05, 0) is 43.2 Å². The Kier molecular flexibility index (Phi) is 5.34. The number of aryl methyl sites for hydroxylation is 1. The molecule has 1 atom stereocenters. The predicted molar refractivity (Wildman–Crippen MR) is 102 cm³/mol. The highest BCUT2D eigenvalue weighted by Gasteiger charge is 2.21.